The van der Waals surface area contributed by atoms with Crippen molar-refractivity contribution in [3.8, 4) is 11.5 Å². The maximum Gasteiger partial charge on any atom is 0.180 e. The normalized spacial score (nSPS) is 19.2. The van der Waals surface area contributed by atoms with E-state index in [2.05, 4.69) is 82.8 Å². The van der Waals surface area contributed by atoms with Crippen molar-refractivity contribution in [2.75, 3.05) is 12.4 Å². The number of benzene rings is 4. The first-order chi connectivity index (χ1) is 19.5. The number of ether oxygens (including phenoxy) is 2. The molecule has 4 aromatic carbocycles. The van der Waals surface area contributed by atoms with Crippen LogP contribution >= 0.6 is 27.5 Å². The molecule has 0 saturated heterocycles. The molecule has 6 heteroatoms. The first-order valence-corrected chi connectivity index (χ1v) is 14.6. The Morgan fingerprint density at radius 2 is 1.82 bits per heavy atom. The Morgan fingerprint density at radius 1 is 1.02 bits per heavy atom. The quantitative estimate of drug-likeness (QED) is 0.167. The van der Waals surface area contributed by atoms with Crippen LogP contribution in [0.5, 0.6) is 11.5 Å². The molecule has 4 nitrogen and oxygen atoms in total. The highest BCUT2D eigenvalue weighted by molar-refractivity contribution is 9.10. The summed E-state index contributed by atoms with van der Waals surface area (Å²) in [4.78, 5) is 4.71. The standard InChI is InChI=1S/C34H30BrClN2O2/c1-21-6-15-31-29(16-21)27-4-3-5-28(27)33(38-31)24-9-13-26(14-10-24)37-19-23-17-30(36)34(32(18-23)39-2)40-20-22-7-11-25(35)12-8-22/h3-4,6-19,27-28,33,38H,5,20H2,1-2H3/t27-,28+,33+/m1/s1. The number of nitrogens with zero attached hydrogens (tertiary/aromatic N) is 1. The van der Waals surface area contributed by atoms with Crippen LogP contribution in [0.15, 0.2) is 100 Å². The summed E-state index contributed by atoms with van der Waals surface area (Å²) in [7, 11) is 1.61. The number of rotatable bonds is 7. The number of nitrogens with one attached hydrogen (secondary N) is 1. The van der Waals surface area contributed by atoms with Crippen molar-refractivity contribution in [3.05, 3.63) is 128 Å². The molecule has 40 heavy (non-hydrogen) atoms. The Bertz CT molecular complexity index is 1580. The average Bonchev–Trinajstić information content (AvgIpc) is 3.47. The highest BCUT2D eigenvalue weighted by Crippen LogP contribution is 2.50. The van der Waals surface area contributed by atoms with E-state index in [4.69, 9.17) is 26.1 Å². The van der Waals surface area contributed by atoms with Crippen LogP contribution in [0.25, 0.3) is 0 Å². The molecule has 0 unspecified atom stereocenters. The van der Waals surface area contributed by atoms with Gasteiger partial charge in [-0.05, 0) is 84.0 Å². The van der Waals surface area contributed by atoms with Crippen molar-refractivity contribution in [2.24, 2.45) is 10.9 Å². The van der Waals surface area contributed by atoms with Crippen LogP contribution in [-0.2, 0) is 6.61 Å². The number of hydrogen-bond donors (Lipinski definition) is 1. The Balaban J connectivity index is 1.16. The molecule has 6 rings (SSSR count). The van der Waals surface area contributed by atoms with Gasteiger partial charge in [0.25, 0.3) is 0 Å². The van der Waals surface area contributed by atoms with E-state index >= 15 is 0 Å². The molecule has 1 aliphatic heterocycles. The zero-order valence-corrected chi connectivity index (χ0v) is 24.7. The molecule has 1 aliphatic carbocycles. The molecule has 0 bridgehead atoms. The summed E-state index contributed by atoms with van der Waals surface area (Å²) in [6.07, 6.45) is 7.60. The number of aryl methyl sites for hydroxylation is 1. The molecule has 2 aliphatic rings. The summed E-state index contributed by atoms with van der Waals surface area (Å²) in [6.45, 7) is 2.55. The lowest BCUT2D eigenvalue weighted by Crippen LogP contribution is -2.29. The number of allylic oxidation sites excluding steroid dienone is 2. The second kappa shape index (κ2) is 11.5. The molecule has 0 amide bonds. The third-order valence-corrected chi connectivity index (χ3v) is 8.49. The van der Waals surface area contributed by atoms with Crippen molar-refractivity contribution in [1.29, 1.82) is 0 Å². The van der Waals surface area contributed by atoms with Crippen molar-refractivity contribution in [1.82, 2.24) is 0 Å². The summed E-state index contributed by atoms with van der Waals surface area (Å²) in [5.74, 6) is 2.06. The van der Waals surface area contributed by atoms with Gasteiger partial charge in [0.1, 0.15) is 6.61 Å². The minimum atomic E-state index is 0.265. The maximum atomic E-state index is 6.60. The molecule has 0 aromatic heterocycles. The zero-order valence-electron chi connectivity index (χ0n) is 22.4. The zero-order chi connectivity index (χ0) is 27.6. The fourth-order valence-electron chi connectivity index (χ4n) is 5.65. The van der Waals surface area contributed by atoms with Crippen molar-refractivity contribution >= 4 is 45.1 Å². The van der Waals surface area contributed by atoms with Gasteiger partial charge >= 0.3 is 0 Å². The van der Waals surface area contributed by atoms with E-state index in [0.717, 1.165) is 27.7 Å². The predicted molar refractivity (Wildman–Crippen MR) is 168 cm³/mol. The van der Waals surface area contributed by atoms with Gasteiger partial charge in [0.2, 0.25) is 0 Å². The van der Waals surface area contributed by atoms with Gasteiger partial charge in [-0.2, -0.15) is 0 Å². The second-order valence-electron chi connectivity index (χ2n) is 10.4. The number of aliphatic imine (C=N–C) groups is 1. The van der Waals surface area contributed by atoms with Crippen LogP contribution in [0, 0.1) is 12.8 Å². The fraction of sp³-hybridized carbons (Fsp3) is 0.206. The topological polar surface area (TPSA) is 42.8 Å². The molecule has 0 saturated carbocycles. The minimum absolute atomic E-state index is 0.265. The van der Waals surface area contributed by atoms with E-state index in [9.17, 15) is 0 Å². The van der Waals surface area contributed by atoms with Gasteiger partial charge in [-0.1, -0.05) is 81.6 Å². The SMILES string of the molecule is COc1cc(C=Nc2ccc([C@@H]3Nc4ccc(C)cc4[C@@H]4C=CC[C@@H]43)cc2)cc(Cl)c1OCc1ccc(Br)cc1. The average molecular weight is 614 g/mol. The van der Waals surface area contributed by atoms with Crippen LogP contribution in [0.3, 0.4) is 0 Å². The van der Waals surface area contributed by atoms with Crippen LogP contribution in [-0.4, -0.2) is 13.3 Å². The summed E-state index contributed by atoms with van der Waals surface area (Å²) in [6, 6.07) is 27.2. The van der Waals surface area contributed by atoms with E-state index in [1.165, 1.54) is 22.4 Å². The van der Waals surface area contributed by atoms with Gasteiger partial charge < -0.3 is 14.8 Å². The van der Waals surface area contributed by atoms with Gasteiger partial charge in [-0.15, -0.1) is 0 Å². The van der Waals surface area contributed by atoms with Crippen LogP contribution in [0.4, 0.5) is 11.4 Å². The summed E-state index contributed by atoms with van der Waals surface area (Å²) in [5, 5.41) is 4.29. The molecule has 1 heterocycles. The lowest BCUT2D eigenvalue weighted by Gasteiger charge is -2.37. The first-order valence-electron chi connectivity index (χ1n) is 13.4. The lowest BCUT2D eigenvalue weighted by molar-refractivity contribution is 0.284. The maximum absolute atomic E-state index is 6.60. The van der Waals surface area contributed by atoms with E-state index in [-0.39, 0.29) is 6.04 Å². The molecular formula is C34H30BrClN2O2. The van der Waals surface area contributed by atoms with Gasteiger partial charge in [0.15, 0.2) is 11.5 Å². The smallest absolute Gasteiger partial charge is 0.180 e. The van der Waals surface area contributed by atoms with Crippen molar-refractivity contribution in [3.63, 3.8) is 0 Å². The molecule has 202 valence electrons. The Hall–Kier alpha value is -3.54. The van der Waals surface area contributed by atoms with Gasteiger partial charge in [-0.3, -0.25) is 4.99 Å². The van der Waals surface area contributed by atoms with Gasteiger partial charge in [-0.25, -0.2) is 0 Å². The molecule has 0 spiro atoms. The molecular weight excluding hydrogens is 584 g/mol. The van der Waals surface area contributed by atoms with Crippen LogP contribution in [0.1, 0.15) is 46.2 Å². The number of anilines is 1. The van der Waals surface area contributed by atoms with E-state index < -0.39 is 0 Å². The summed E-state index contributed by atoms with van der Waals surface area (Å²) in [5.41, 5.74) is 7.99. The Morgan fingerprint density at radius 3 is 2.60 bits per heavy atom. The third-order valence-electron chi connectivity index (χ3n) is 7.68. The Labute approximate surface area is 248 Å². The molecule has 0 radical (unpaired) electrons. The molecule has 1 N–H and O–H groups in total. The number of hydrogen-bond acceptors (Lipinski definition) is 4. The van der Waals surface area contributed by atoms with Gasteiger partial charge in [0, 0.05) is 22.3 Å². The number of halogens is 2. The summed E-state index contributed by atoms with van der Waals surface area (Å²) >= 11 is 10.1. The second-order valence-corrected chi connectivity index (χ2v) is 11.7. The van der Waals surface area contributed by atoms with Crippen LogP contribution in [0.2, 0.25) is 5.02 Å². The molecule has 3 atom stereocenters. The minimum Gasteiger partial charge on any atom is -0.493 e. The van der Waals surface area contributed by atoms with E-state index in [1.807, 2.05) is 36.4 Å². The van der Waals surface area contributed by atoms with Crippen molar-refractivity contribution < 1.29 is 9.47 Å². The lowest BCUT2D eigenvalue weighted by atomic mass is 9.76. The van der Waals surface area contributed by atoms with E-state index in [0.29, 0.717) is 35.0 Å². The monoisotopic (exact) mass is 612 g/mol. The highest BCUT2D eigenvalue weighted by Gasteiger charge is 2.37. The van der Waals surface area contributed by atoms with Gasteiger partial charge in [0.05, 0.1) is 23.9 Å². The first kappa shape index (κ1) is 26.7. The number of fused-ring (bicyclic) bond motifs is 3. The van der Waals surface area contributed by atoms with Crippen molar-refractivity contribution in [2.45, 2.75) is 31.9 Å². The fourth-order valence-corrected chi connectivity index (χ4v) is 6.19. The molecule has 0 fully saturated rings. The van der Waals surface area contributed by atoms with E-state index in [1.54, 1.807) is 13.3 Å². The predicted octanol–water partition coefficient (Wildman–Crippen LogP) is 9.58. The Kier molecular flexibility index (Phi) is 7.68. The highest BCUT2D eigenvalue weighted by atomic mass is 79.9. The summed E-state index contributed by atoms with van der Waals surface area (Å²) < 4.78 is 12.6. The largest absolute Gasteiger partial charge is 0.493 e. The van der Waals surface area contributed by atoms with Crippen LogP contribution < -0.4 is 14.8 Å². The number of methoxy groups -OCH3 is 1. The molecule has 4 aromatic rings. The third kappa shape index (κ3) is 5.54.